The third kappa shape index (κ3) is 3.06. The first kappa shape index (κ1) is 16.6. The molecule has 3 rings (SSSR count). The number of imide groups is 1. The van der Waals surface area contributed by atoms with Crippen molar-refractivity contribution in [1.29, 1.82) is 0 Å². The van der Waals surface area contributed by atoms with Gasteiger partial charge in [0.15, 0.2) is 5.54 Å². The fourth-order valence-corrected chi connectivity index (χ4v) is 2.62. The molecule has 1 aromatic heterocycles. The zero-order valence-electron chi connectivity index (χ0n) is 13.7. The zero-order chi connectivity index (χ0) is 18.0. The van der Waals surface area contributed by atoms with Crippen LogP contribution in [0.25, 0.3) is 0 Å². The number of urea groups is 1. The maximum atomic E-state index is 12.6. The maximum Gasteiger partial charge on any atom is 0.325 e. The fraction of sp³-hybridized carbons (Fsp3) is 0.235. The second kappa shape index (κ2) is 6.31. The summed E-state index contributed by atoms with van der Waals surface area (Å²) in [7, 11) is 1.52. The van der Waals surface area contributed by atoms with E-state index >= 15 is 0 Å². The molecule has 8 nitrogen and oxygen atoms in total. The predicted octanol–water partition coefficient (Wildman–Crippen LogP) is 1.69. The Morgan fingerprint density at radius 3 is 2.80 bits per heavy atom. The van der Waals surface area contributed by atoms with Crippen molar-refractivity contribution in [3.05, 3.63) is 48.4 Å². The smallest absolute Gasteiger partial charge is 0.325 e. The second-order valence-electron chi connectivity index (χ2n) is 5.70. The molecule has 0 bridgehead atoms. The van der Waals surface area contributed by atoms with Gasteiger partial charge in [-0.1, -0.05) is 6.07 Å². The molecule has 0 saturated carbocycles. The van der Waals surface area contributed by atoms with Crippen LogP contribution in [0.3, 0.4) is 0 Å². The van der Waals surface area contributed by atoms with Gasteiger partial charge in [0, 0.05) is 11.8 Å². The third-order valence-corrected chi connectivity index (χ3v) is 3.94. The van der Waals surface area contributed by atoms with Crippen molar-refractivity contribution >= 4 is 23.5 Å². The Morgan fingerprint density at radius 2 is 2.12 bits per heavy atom. The van der Waals surface area contributed by atoms with Crippen LogP contribution in [-0.2, 0) is 15.1 Å². The van der Waals surface area contributed by atoms with Gasteiger partial charge in [-0.3, -0.25) is 14.5 Å². The highest BCUT2D eigenvalue weighted by Crippen LogP contribution is 2.29. The minimum Gasteiger partial charge on any atom is -0.497 e. The summed E-state index contributed by atoms with van der Waals surface area (Å²) in [5.41, 5.74) is -0.818. The summed E-state index contributed by atoms with van der Waals surface area (Å²) in [6.45, 7) is 1.13. The Balaban J connectivity index is 1.71. The van der Waals surface area contributed by atoms with Crippen molar-refractivity contribution in [3.8, 4) is 5.75 Å². The number of amides is 4. The average Bonchev–Trinajstić information content (AvgIpc) is 3.20. The van der Waals surface area contributed by atoms with Crippen molar-refractivity contribution in [2.24, 2.45) is 0 Å². The first-order valence-corrected chi connectivity index (χ1v) is 7.56. The summed E-state index contributed by atoms with van der Waals surface area (Å²) in [5.74, 6) is -0.159. The molecular formula is C17H17N3O5. The van der Waals surface area contributed by atoms with E-state index in [0.29, 0.717) is 17.2 Å². The minimum absolute atomic E-state index is 0.307. The van der Waals surface area contributed by atoms with Gasteiger partial charge in [0.2, 0.25) is 5.91 Å². The Kier molecular flexibility index (Phi) is 4.18. The van der Waals surface area contributed by atoms with Gasteiger partial charge in [-0.25, -0.2) is 4.79 Å². The number of rotatable bonds is 5. The molecule has 2 aromatic rings. The van der Waals surface area contributed by atoms with Crippen molar-refractivity contribution < 1.29 is 23.5 Å². The Morgan fingerprint density at radius 1 is 1.32 bits per heavy atom. The Bertz CT molecular complexity index is 817. The van der Waals surface area contributed by atoms with E-state index in [1.165, 1.54) is 20.3 Å². The molecule has 2 N–H and O–H groups in total. The lowest BCUT2D eigenvalue weighted by atomic mass is 9.99. The molecule has 8 heteroatoms. The molecule has 1 atom stereocenters. The molecule has 4 amide bonds. The molecule has 130 valence electrons. The van der Waals surface area contributed by atoms with Gasteiger partial charge in [0.25, 0.3) is 5.91 Å². The molecule has 1 aromatic carbocycles. The number of methoxy groups -OCH3 is 1. The average molecular weight is 343 g/mol. The number of nitrogens with one attached hydrogen (secondary N) is 2. The maximum absolute atomic E-state index is 12.6. The van der Waals surface area contributed by atoms with E-state index in [4.69, 9.17) is 9.15 Å². The van der Waals surface area contributed by atoms with Crippen LogP contribution in [0, 0.1) is 0 Å². The quantitative estimate of drug-likeness (QED) is 0.805. The standard InChI is InChI=1S/C17H17N3O5/c1-17(13-7-4-8-25-13)15(22)20(16(23)19-17)10-14(21)18-11-5-3-6-12(9-11)24-2/h3-9H,10H2,1-2H3,(H,18,21)(H,19,23). The summed E-state index contributed by atoms with van der Waals surface area (Å²) in [6, 6.07) is 9.34. The van der Waals surface area contributed by atoms with Crippen LogP contribution >= 0.6 is 0 Å². The normalized spacial score (nSPS) is 19.7. The molecule has 1 aliphatic heterocycles. The Hall–Kier alpha value is -3.29. The van der Waals surface area contributed by atoms with Crippen molar-refractivity contribution in [2.45, 2.75) is 12.5 Å². The van der Waals surface area contributed by atoms with E-state index in [0.717, 1.165) is 4.90 Å². The first-order chi connectivity index (χ1) is 11.9. The highest BCUT2D eigenvalue weighted by atomic mass is 16.5. The van der Waals surface area contributed by atoms with Crippen molar-refractivity contribution in [3.63, 3.8) is 0 Å². The van der Waals surface area contributed by atoms with Gasteiger partial charge in [0.05, 0.1) is 13.4 Å². The molecule has 0 spiro atoms. The summed E-state index contributed by atoms with van der Waals surface area (Å²) < 4.78 is 10.3. The monoisotopic (exact) mass is 343 g/mol. The molecule has 2 heterocycles. The Labute approximate surface area is 143 Å². The number of carbonyl (C=O) groups is 3. The number of anilines is 1. The summed E-state index contributed by atoms with van der Waals surface area (Å²) in [4.78, 5) is 37.8. The number of ether oxygens (including phenoxy) is 1. The van der Waals surface area contributed by atoms with E-state index in [2.05, 4.69) is 10.6 Å². The lowest BCUT2D eigenvalue weighted by Crippen LogP contribution is -2.41. The van der Waals surface area contributed by atoms with Crippen LogP contribution in [0.1, 0.15) is 12.7 Å². The molecule has 0 radical (unpaired) electrons. The van der Waals surface area contributed by atoms with E-state index in [-0.39, 0.29) is 0 Å². The number of carbonyl (C=O) groups excluding carboxylic acids is 3. The molecule has 0 aliphatic carbocycles. The summed E-state index contributed by atoms with van der Waals surface area (Å²) in [6.07, 6.45) is 1.41. The summed E-state index contributed by atoms with van der Waals surface area (Å²) >= 11 is 0. The molecule has 25 heavy (non-hydrogen) atoms. The lowest BCUT2D eigenvalue weighted by molar-refractivity contribution is -0.134. The largest absolute Gasteiger partial charge is 0.497 e. The highest BCUT2D eigenvalue weighted by molar-refractivity contribution is 6.10. The number of hydrogen-bond donors (Lipinski definition) is 2. The molecular weight excluding hydrogens is 326 g/mol. The van der Waals surface area contributed by atoms with Crippen LogP contribution in [0.2, 0.25) is 0 Å². The van der Waals surface area contributed by atoms with Crippen LogP contribution in [0.5, 0.6) is 5.75 Å². The van der Waals surface area contributed by atoms with Gasteiger partial charge in [-0.05, 0) is 31.2 Å². The molecule has 1 unspecified atom stereocenters. The number of furan rings is 1. The topological polar surface area (TPSA) is 101 Å². The van der Waals surface area contributed by atoms with E-state index < -0.39 is 29.9 Å². The van der Waals surface area contributed by atoms with Crippen LogP contribution in [0.15, 0.2) is 47.1 Å². The van der Waals surface area contributed by atoms with E-state index in [1.807, 2.05) is 0 Å². The highest BCUT2D eigenvalue weighted by Gasteiger charge is 2.51. The number of hydrogen-bond acceptors (Lipinski definition) is 5. The second-order valence-corrected chi connectivity index (χ2v) is 5.70. The first-order valence-electron chi connectivity index (χ1n) is 7.56. The van der Waals surface area contributed by atoms with Gasteiger partial charge in [0.1, 0.15) is 18.1 Å². The zero-order valence-corrected chi connectivity index (χ0v) is 13.7. The third-order valence-electron chi connectivity index (χ3n) is 3.94. The van der Waals surface area contributed by atoms with E-state index in [9.17, 15) is 14.4 Å². The summed E-state index contributed by atoms with van der Waals surface area (Å²) in [5, 5.41) is 5.19. The van der Waals surface area contributed by atoms with Gasteiger partial charge < -0.3 is 19.8 Å². The SMILES string of the molecule is COc1cccc(NC(=O)CN2C(=O)NC(C)(c3ccco3)C2=O)c1. The molecule has 1 aliphatic rings. The van der Waals surface area contributed by atoms with Crippen LogP contribution < -0.4 is 15.4 Å². The van der Waals surface area contributed by atoms with E-state index in [1.54, 1.807) is 36.4 Å². The van der Waals surface area contributed by atoms with Crippen molar-refractivity contribution in [2.75, 3.05) is 19.0 Å². The number of nitrogens with zero attached hydrogens (tertiary/aromatic N) is 1. The minimum atomic E-state index is -1.32. The van der Waals surface area contributed by atoms with Crippen molar-refractivity contribution in [1.82, 2.24) is 10.2 Å². The lowest BCUT2D eigenvalue weighted by Gasteiger charge is -2.18. The predicted molar refractivity (Wildman–Crippen MR) is 87.9 cm³/mol. The molecule has 1 saturated heterocycles. The van der Waals surface area contributed by atoms with Gasteiger partial charge in [-0.2, -0.15) is 0 Å². The van der Waals surface area contributed by atoms with Gasteiger partial charge in [-0.15, -0.1) is 0 Å². The fourth-order valence-electron chi connectivity index (χ4n) is 2.62. The van der Waals surface area contributed by atoms with Crippen LogP contribution in [-0.4, -0.2) is 36.4 Å². The molecule has 1 fully saturated rings. The number of benzene rings is 1. The van der Waals surface area contributed by atoms with Gasteiger partial charge >= 0.3 is 6.03 Å². The van der Waals surface area contributed by atoms with Crippen LogP contribution in [0.4, 0.5) is 10.5 Å².